The summed E-state index contributed by atoms with van der Waals surface area (Å²) in [5.74, 6) is 1.47. The highest BCUT2D eigenvalue weighted by atomic mass is 32.2. The molecule has 0 spiro atoms. The molecule has 0 aliphatic heterocycles. The number of nitrogens with zero attached hydrogens (tertiary/aromatic N) is 2. The van der Waals surface area contributed by atoms with Gasteiger partial charge in [0.05, 0.1) is 6.04 Å². The second-order valence-electron chi connectivity index (χ2n) is 8.21. The number of alkyl carbamates (subject to hydrolysis) is 1. The average molecular weight is 418 g/mol. The monoisotopic (exact) mass is 417 g/mol. The molecule has 1 unspecified atom stereocenters. The van der Waals surface area contributed by atoms with Crippen molar-refractivity contribution in [2.75, 3.05) is 6.61 Å². The Labute approximate surface area is 177 Å². The molecule has 6 nitrogen and oxygen atoms in total. The number of carbonyl (C=O) groups excluding carboxylic acids is 1. The Hall–Kier alpha value is -2.28. The van der Waals surface area contributed by atoms with E-state index in [9.17, 15) is 4.79 Å². The summed E-state index contributed by atoms with van der Waals surface area (Å²) in [6.45, 7) is 11.8. The van der Waals surface area contributed by atoms with Crippen molar-refractivity contribution in [1.29, 1.82) is 0 Å². The second-order valence-corrected chi connectivity index (χ2v) is 9.15. The number of nitrogens with one attached hydrogen (secondary N) is 1. The quantitative estimate of drug-likeness (QED) is 0.481. The third-order valence-electron chi connectivity index (χ3n) is 3.94. The normalized spacial score (nSPS) is 12.5. The fourth-order valence-electron chi connectivity index (χ4n) is 2.41. The van der Waals surface area contributed by atoms with E-state index in [0.717, 1.165) is 11.4 Å². The predicted molar refractivity (Wildman–Crippen MR) is 116 cm³/mol. The Morgan fingerprint density at radius 2 is 1.86 bits per heavy atom. The first-order chi connectivity index (χ1) is 13.6. The molecule has 0 bridgehead atoms. The number of benzene rings is 1. The summed E-state index contributed by atoms with van der Waals surface area (Å²) in [5, 5.41) is 3.56. The lowest BCUT2D eigenvalue weighted by Gasteiger charge is -2.25. The van der Waals surface area contributed by atoms with Gasteiger partial charge < -0.3 is 14.8 Å². The first-order valence-corrected chi connectivity index (χ1v) is 10.8. The molecule has 1 heterocycles. The topological polar surface area (TPSA) is 73.3 Å². The summed E-state index contributed by atoms with van der Waals surface area (Å²) in [5.41, 5.74) is 1.51. The first-order valence-electron chi connectivity index (χ1n) is 9.77. The van der Waals surface area contributed by atoms with E-state index in [1.54, 1.807) is 17.8 Å². The predicted octanol–water partition coefficient (Wildman–Crippen LogP) is 5.01. The largest absolute Gasteiger partial charge is 0.475 e. The van der Waals surface area contributed by atoms with Gasteiger partial charge in [-0.15, -0.1) is 0 Å². The number of hydrogen-bond acceptors (Lipinski definition) is 6. The van der Waals surface area contributed by atoms with Gasteiger partial charge in [0, 0.05) is 17.5 Å². The van der Waals surface area contributed by atoms with E-state index in [1.807, 2.05) is 59.7 Å². The SMILES string of the molecule is Cc1cc(OCC(NC(=O)OC(C)(C)C)C(C)C)nc(SCc2ccccc2)n1. The number of carbonyl (C=O) groups is 1. The van der Waals surface area contributed by atoms with Gasteiger partial charge >= 0.3 is 6.09 Å². The maximum absolute atomic E-state index is 12.1. The van der Waals surface area contributed by atoms with Crippen LogP contribution in [0.25, 0.3) is 0 Å². The summed E-state index contributed by atoms with van der Waals surface area (Å²) < 4.78 is 11.2. The molecule has 29 heavy (non-hydrogen) atoms. The molecule has 0 fully saturated rings. The van der Waals surface area contributed by atoms with Gasteiger partial charge in [-0.1, -0.05) is 55.9 Å². The molecule has 0 saturated heterocycles. The Balaban J connectivity index is 1.96. The molecule has 0 saturated carbocycles. The number of rotatable bonds is 8. The maximum Gasteiger partial charge on any atom is 0.407 e. The van der Waals surface area contributed by atoms with E-state index in [-0.39, 0.29) is 12.0 Å². The van der Waals surface area contributed by atoms with Gasteiger partial charge in [0.15, 0.2) is 5.16 Å². The van der Waals surface area contributed by atoms with Gasteiger partial charge in [0.2, 0.25) is 5.88 Å². The maximum atomic E-state index is 12.1. The molecule has 0 aliphatic rings. The van der Waals surface area contributed by atoms with Crippen LogP contribution in [0.3, 0.4) is 0 Å². The standard InChI is InChI=1S/C22H31N3O3S/c1-15(2)18(24-21(26)28-22(4,5)6)13-27-19-12-16(3)23-20(25-19)29-14-17-10-8-7-9-11-17/h7-12,15,18H,13-14H2,1-6H3,(H,24,26). The minimum Gasteiger partial charge on any atom is -0.475 e. The van der Waals surface area contributed by atoms with Gasteiger partial charge in [0.1, 0.15) is 12.2 Å². The third-order valence-corrected chi connectivity index (χ3v) is 4.86. The molecule has 1 N–H and O–H groups in total. The lowest BCUT2D eigenvalue weighted by Crippen LogP contribution is -2.45. The van der Waals surface area contributed by atoms with Crippen molar-refractivity contribution in [1.82, 2.24) is 15.3 Å². The molecule has 2 rings (SSSR count). The third kappa shape index (κ3) is 8.73. The van der Waals surface area contributed by atoms with Crippen molar-refractivity contribution in [3.63, 3.8) is 0 Å². The highest BCUT2D eigenvalue weighted by Crippen LogP contribution is 2.22. The van der Waals surface area contributed by atoms with Gasteiger partial charge in [-0.05, 0) is 39.2 Å². The van der Waals surface area contributed by atoms with Crippen molar-refractivity contribution in [2.24, 2.45) is 5.92 Å². The van der Waals surface area contributed by atoms with Crippen LogP contribution in [0, 0.1) is 12.8 Å². The molecule has 0 aliphatic carbocycles. The highest BCUT2D eigenvalue weighted by Gasteiger charge is 2.22. The minimum absolute atomic E-state index is 0.178. The molecule has 1 aromatic heterocycles. The number of thioether (sulfide) groups is 1. The Kier molecular flexibility index (Phi) is 8.32. The van der Waals surface area contributed by atoms with Crippen LogP contribution in [0.1, 0.15) is 45.9 Å². The van der Waals surface area contributed by atoms with Crippen molar-refractivity contribution in [2.45, 2.75) is 64.1 Å². The number of amides is 1. The van der Waals surface area contributed by atoms with Gasteiger partial charge in [-0.2, -0.15) is 4.98 Å². The second kappa shape index (κ2) is 10.5. The number of ether oxygens (including phenoxy) is 2. The molecule has 158 valence electrons. The van der Waals surface area contributed by atoms with Crippen LogP contribution >= 0.6 is 11.8 Å². The molecule has 1 atom stereocenters. The zero-order valence-corrected chi connectivity index (χ0v) is 18.9. The lowest BCUT2D eigenvalue weighted by molar-refractivity contribution is 0.0467. The number of aromatic nitrogens is 2. The van der Waals surface area contributed by atoms with Crippen LogP contribution in [-0.4, -0.2) is 34.3 Å². The fourth-order valence-corrected chi connectivity index (χ4v) is 3.26. The van der Waals surface area contributed by atoms with Crippen LogP contribution < -0.4 is 10.1 Å². The molecule has 7 heteroatoms. The van der Waals surface area contributed by atoms with Crippen LogP contribution in [0.2, 0.25) is 0 Å². The molecular weight excluding hydrogens is 386 g/mol. The molecule has 0 radical (unpaired) electrons. The van der Waals surface area contributed by atoms with E-state index in [0.29, 0.717) is 17.6 Å². The van der Waals surface area contributed by atoms with E-state index in [2.05, 4.69) is 27.4 Å². The summed E-state index contributed by atoms with van der Waals surface area (Å²) in [7, 11) is 0. The Bertz CT molecular complexity index is 792. The summed E-state index contributed by atoms with van der Waals surface area (Å²) >= 11 is 1.57. The lowest BCUT2D eigenvalue weighted by atomic mass is 10.1. The van der Waals surface area contributed by atoms with Crippen LogP contribution in [0.4, 0.5) is 4.79 Å². The fraction of sp³-hybridized carbons (Fsp3) is 0.500. The highest BCUT2D eigenvalue weighted by molar-refractivity contribution is 7.98. The number of hydrogen-bond donors (Lipinski definition) is 1. The van der Waals surface area contributed by atoms with Crippen LogP contribution in [0.5, 0.6) is 5.88 Å². The minimum atomic E-state index is -0.541. The first kappa shape index (κ1) is 23.0. The van der Waals surface area contributed by atoms with Crippen molar-refractivity contribution >= 4 is 17.9 Å². The van der Waals surface area contributed by atoms with E-state index in [1.165, 1.54) is 5.56 Å². The van der Waals surface area contributed by atoms with Gasteiger partial charge in [-0.3, -0.25) is 0 Å². The van der Waals surface area contributed by atoms with E-state index in [4.69, 9.17) is 9.47 Å². The smallest absolute Gasteiger partial charge is 0.407 e. The summed E-state index contributed by atoms with van der Waals surface area (Å²) in [6.07, 6.45) is -0.447. The van der Waals surface area contributed by atoms with Crippen molar-refractivity contribution < 1.29 is 14.3 Å². The van der Waals surface area contributed by atoms with Crippen molar-refractivity contribution in [3.8, 4) is 5.88 Å². The average Bonchev–Trinajstić information content (AvgIpc) is 2.62. The zero-order valence-electron chi connectivity index (χ0n) is 18.1. The van der Waals surface area contributed by atoms with E-state index < -0.39 is 11.7 Å². The van der Waals surface area contributed by atoms with Crippen LogP contribution in [-0.2, 0) is 10.5 Å². The van der Waals surface area contributed by atoms with Gasteiger partial charge in [-0.25, -0.2) is 9.78 Å². The number of aryl methyl sites for hydroxylation is 1. The van der Waals surface area contributed by atoms with Crippen LogP contribution in [0.15, 0.2) is 41.6 Å². The molecule has 1 aromatic carbocycles. The molecule has 1 amide bonds. The van der Waals surface area contributed by atoms with E-state index >= 15 is 0 Å². The zero-order chi connectivity index (χ0) is 21.4. The molecular formula is C22H31N3O3S. The summed E-state index contributed by atoms with van der Waals surface area (Å²) in [6, 6.07) is 11.8. The van der Waals surface area contributed by atoms with Gasteiger partial charge in [0.25, 0.3) is 0 Å². The van der Waals surface area contributed by atoms with Crippen molar-refractivity contribution in [3.05, 3.63) is 47.7 Å². The summed E-state index contributed by atoms with van der Waals surface area (Å²) in [4.78, 5) is 21.1. The Morgan fingerprint density at radius 3 is 2.48 bits per heavy atom. The molecule has 2 aromatic rings. The Morgan fingerprint density at radius 1 is 1.17 bits per heavy atom.